The van der Waals surface area contributed by atoms with Crippen LogP contribution in [0.25, 0.3) is 0 Å². The first-order chi connectivity index (χ1) is 12.2. The van der Waals surface area contributed by atoms with Crippen LogP contribution in [0.3, 0.4) is 0 Å². The van der Waals surface area contributed by atoms with Crippen molar-refractivity contribution in [2.45, 2.75) is 12.8 Å². The maximum Gasteiger partial charge on any atom is 0.223 e. The second kappa shape index (κ2) is 8.20. The predicted octanol–water partition coefficient (Wildman–Crippen LogP) is 2.44. The number of ether oxygens (including phenoxy) is 2. The first kappa shape index (κ1) is 17.5. The molecule has 0 atom stereocenters. The van der Waals surface area contributed by atoms with Crippen LogP contribution in [0.5, 0.6) is 11.5 Å². The highest BCUT2D eigenvalue weighted by atomic mass is 32.1. The lowest BCUT2D eigenvalue weighted by Gasteiger charge is -2.34. The molecule has 0 radical (unpaired) electrons. The van der Waals surface area contributed by atoms with Gasteiger partial charge in [-0.15, -0.1) is 11.3 Å². The number of carbonyl (C=O) groups is 1. The van der Waals surface area contributed by atoms with Crippen LogP contribution in [-0.2, 0) is 11.2 Å². The minimum Gasteiger partial charge on any atom is -0.493 e. The Hall–Kier alpha value is -2.28. The van der Waals surface area contributed by atoms with Crippen molar-refractivity contribution in [2.24, 2.45) is 0 Å². The van der Waals surface area contributed by atoms with Gasteiger partial charge in [-0.3, -0.25) is 4.79 Å². The van der Waals surface area contributed by atoms with Crippen molar-refractivity contribution in [1.29, 1.82) is 0 Å². The standard InChI is InChI=1S/C18H23N3O3S/c1-23-15-5-3-14(13-16(15)24-2)4-6-17(22)20-8-10-21(11-9-20)18-19-7-12-25-18/h3,5,7,12-13H,4,6,8-11H2,1-2H3. The van der Waals surface area contributed by atoms with Crippen molar-refractivity contribution in [2.75, 3.05) is 45.3 Å². The number of carbonyl (C=O) groups excluding carboxylic acids is 1. The number of piperazine rings is 1. The summed E-state index contributed by atoms with van der Waals surface area (Å²) in [6, 6.07) is 5.80. The van der Waals surface area contributed by atoms with Gasteiger partial charge in [-0.05, 0) is 24.1 Å². The van der Waals surface area contributed by atoms with E-state index in [9.17, 15) is 4.79 Å². The van der Waals surface area contributed by atoms with E-state index in [0.29, 0.717) is 24.3 Å². The number of rotatable bonds is 6. The number of thiazole rings is 1. The molecule has 3 rings (SSSR count). The summed E-state index contributed by atoms with van der Waals surface area (Å²) in [4.78, 5) is 21.0. The van der Waals surface area contributed by atoms with Crippen LogP contribution in [0.4, 0.5) is 5.13 Å². The van der Waals surface area contributed by atoms with Gasteiger partial charge in [-0.2, -0.15) is 0 Å². The van der Waals surface area contributed by atoms with Crippen molar-refractivity contribution in [3.05, 3.63) is 35.3 Å². The molecule has 2 aromatic rings. The highest BCUT2D eigenvalue weighted by Crippen LogP contribution is 2.28. The molecule has 6 nitrogen and oxygen atoms in total. The zero-order chi connectivity index (χ0) is 17.6. The molecule has 1 saturated heterocycles. The molecule has 1 aromatic heterocycles. The van der Waals surface area contributed by atoms with Gasteiger partial charge in [0.25, 0.3) is 0 Å². The number of hydrogen-bond donors (Lipinski definition) is 0. The van der Waals surface area contributed by atoms with Crippen molar-refractivity contribution in [3.63, 3.8) is 0 Å². The minimum atomic E-state index is 0.202. The zero-order valence-corrected chi connectivity index (χ0v) is 15.4. The minimum absolute atomic E-state index is 0.202. The first-order valence-electron chi connectivity index (χ1n) is 8.34. The summed E-state index contributed by atoms with van der Waals surface area (Å²) in [5, 5.41) is 3.02. The molecular formula is C18H23N3O3S. The average Bonchev–Trinajstić information content (AvgIpc) is 3.20. The van der Waals surface area contributed by atoms with Crippen LogP contribution < -0.4 is 14.4 Å². The van der Waals surface area contributed by atoms with E-state index in [4.69, 9.17) is 9.47 Å². The molecule has 1 amide bonds. The Balaban J connectivity index is 1.50. The summed E-state index contributed by atoms with van der Waals surface area (Å²) < 4.78 is 10.6. The largest absolute Gasteiger partial charge is 0.493 e. The van der Waals surface area contributed by atoms with E-state index >= 15 is 0 Å². The number of anilines is 1. The Morgan fingerprint density at radius 3 is 2.56 bits per heavy atom. The van der Waals surface area contributed by atoms with Gasteiger partial charge in [0.05, 0.1) is 14.2 Å². The quantitative estimate of drug-likeness (QED) is 0.791. The van der Waals surface area contributed by atoms with E-state index in [1.54, 1.807) is 25.6 Å². The lowest BCUT2D eigenvalue weighted by atomic mass is 10.1. The Morgan fingerprint density at radius 2 is 1.92 bits per heavy atom. The summed E-state index contributed by atoms with van der Waals surface area (Å²) in [5.41, 5.74) is 1.08. The lowest BCUT2D eigenvalue weighted by molar-refractivity contribution is -0.131. The Labute approximate surface area is 152 Å². The van der Waals surface area contributed by atoms with Crippen LogP contribution in [0.1, 0.15) is 12.0 Å². The van der Waals surface area contributed by atoms with Crippen LogP contribution in [0.15, 0.2) is 29.8 Å². The summed E-state index contributed by atoms with van der Waals surface area (Å²) in [7, 11) is 3.24. The molecular weight excluding hydrogens is 338 g/mol. The second-order valence-corrected chi connectivity index (χ2v) is 6.74. The van der Waals surface area contributed by atoms with Crippen LogP contribution >= 0.6 is 11.3 Å². The van der Waals surface area contributed by atoms with Gasteiger partial charge < -0.3 is 19.3 Å². The van der Waals surface area contributed by atoms with E-state index in [1.165, 1.54) is 0 Å². The monoisotopic (exact) mass is 361 g/mol. The third-order valence-electron chi connectivity index (χ3n) is 4.40. The third kappa shape index (κ3) is 4.22. The normalized spacial score (nSPS) is 14.5. The second-order valence-electron chi connectivity index (χ2n) is 5.87. The van der Waals surface area contributed by atoms with Crippen LogP contribution in [0.2, 0.25) is 0 Å². The number of hydrogen-bond acceptors (Lipinski definition) is 6. The molecule has 25 heavy (non-hydrogen) atoms. The molecule has 0 unspecified atom stereocenters. The fourth-order valence-corrected chi connectivity index (χ4v) is 3.66. The lowest BCUT2D eigenvalue weighted by Crippen LogP contribution is -2.48. The Kier molecular flexibility index (Phi) is 5.75. The van der Waals surface area contributed by atoms with E-state index in [-0.39, 0.29) is 5.91 Å². The topological polar surface area (TPSA) is 54.9 Å². The molecule has 0 spiro atoms. The zero-order valence-electron chi connectivity index (χ0n) is 14.6. The molecule has 1 aliphatic heterocycles. The first-order valence-corrected chi connectivity index (χ1v) is 9.22. The van der Waals surface area contributed by atoms with E-state index in [2.05, 4.69) is 9.88 Å². The summed E-state index contributed by atoms with van der Waals surface area (Å²) in [6.45, 7) is 3.19. The fraction of sp³-hybridized carbons (Fsp3) is 0.444. The summed E-state index contributed by atoms with van der Waals surface area (Å²) in [5.74, 6) is 1.61. The van der Waals surface area contributed by atoms with Gasteiger partial charge in [0, 0.05) is 44.2 Å². The van der Waals surface area contributed by atoms with Crippen molar-refractivity contribution >= 4 is 22.4 Å². The SMILES string of the molecule is COc1ccc(CCC(=O)N2CCN(c3nccs3)CC2)cc1OC. The van der Waals surface area contributed by atoms with Gasteiger partial charge in [0.2, 0.25) is 5.91 Å². The van der Waals surface area contributed by atoms with Gasteiger partial charge >= 0.3 is 0 Å². The van der Waals surface area contributed by atoms with Gasteiger partial charge in [0.1, 0.15) is 0 Å². The summed E-state index contributed by atoms with van der Waals surface area (Å²) >= 11 is 1.64. The molecule has 1 aliphatic rings. The van der Waals surface area contributed by atoms with Gasteiger partial charge in [0.15, 0.2) is 16.6 Å². The maximum absolute atomic E-state index is 12.5. The number of aromatic nitrogens is 1. The molecule has 2 heterocycles. The van der Waals surface area contributed by atoms with E-state index < -0.39 is 0 Å². The molecule has 0 bridgehead atoms. The van der Waals surface area contributed by atoms with Crippen molar-refractivity contribution in [3.8, 4) is 11.5 Å². The third-order valence-corrected chi connectivity index (χ3v) is 5.23. The van der Waals surface area contributed by atoms with Gasteiger partial charge in [-0.25, -0.2) is 4.98 Å². The highest BCUT2D eigenvalue weighted by Gasteiger charge is 2.22. The predicted molar refractivity (Wildman–Crippen MR) is 98.8 cm³/mol. The Bertz CT molecular complexity index is 698. The van der Waals surface area contributed by atoms with E-state index in [0.717, 1.165) is 36.9 Å². The van der Waals surface area contributed by atoms with Crippen molar-refractivity contribution < 1.29 is 14.3 Å². The molecule has 134 valence electrons. The highest BCUT2D eigenvalue weighted by molar-refractivity contribution is 7.13. The van der Waals surface area contributed by atoms with Crippen molar-refractivity contribution in [1.82, 2.24) is 9.88 Å². The Morgan fingerprint density at radius 1 is 1.16 bits per heavy atom. The van der Waals surface area contributed by atoms with Gasteiger partial charge in [-0.1, -0.05) is 6.07 Å². The molecule has 7 heteroatoms. The smallest absolute Gasteiger partial charge is 0.223 e. The fourth-order valence-electron chi connectivity index (χ4n) is 2.96. The maximum atomic E-state index is 12.5. The molecule has 1 aromatic carbocycles. The molecule has 1 fully saturated rings. The van der Waals surface area contributed by atoms with Crippen LogP contribution in [-0.4, -0.2) is 56.2 Å². The number of nitrogens with zero attached hydrogens (tertiary/aromatic N) is 3. The molecule has 0 saturated carbocycles. The van der Waals surface area contributed by atoms with Crippen LogP contribution in [0, 0.1) is 0 Å². The molecule has 0 aliphatic carbocycles. The number of methoxy groups -OCH3 is 2. The summed E-state index contributed by atoms with van der Waals surface area (Å²) in [6.07, 6.45) is 3.03. The number of aryl methyl sites for hydroxylation is 1. The average molecular weight is 361 g/mol. The van der Waals surface area contributed by atoms with E-state index in [1.807, 2.05) is 34.7 Å². The number of amides is 1. The molecule has 0 N–H and O–H groups in total. The number of benzene rings is 1.